The predicted molar refractivity (Wildman–Crippen MR) is 92.9 cm³/mol. The number of nitrogens with zero attached hydrogens (tertiary/aromatic N) is 5. The second-order valence-corrected chi connectivity index (χ2v) is 7.06. The van der Waals surface area contributed by atoms with E-state index in [4.69, 9.17) is 0 Å². The molecule has 3 heterocycles. The first kappa shape index (κ1) is 17.7. The summed E-state index contributed by atoms with van der Waals surface area (Å²) in [4.78, 5) is 46.5. The molecule has 136 valence electrons. The molecule has 0 radical (unpaired) electrons. The summed E-state index contributed by atoms with van der Waals surface area (Å²) in [6.07, 6.45) is 3.53. The van der Waals surface area contributed by atoms with Crippen LogP contribution in [0.4, 0.5) is 4.79 Å². The van der Waals surface area contributed by atoms with Gasteiger partial charge in [-0.15, -0.1) is 0 Å². The first-order valence-corrected chi connectivity index (χ1v) is 8.83. The molecule has 3 aliphatic rings. The van der Waals surface area contributed by atoms with Crippen molar-refractivity contribution in [2.45, 2.75) is 45.2 Å². The first-order valence-electron chi connectivity index (χ1n) is 8.83. The van der Waals surface area contributed by atoms with E-state index in [1.807, 2.05) is 0 Å². The van der Waals surface area contributed by atoms with E-state index >= 15 is 0 Å². The molecule has 2 atom stereocenters. The topological polar surface area (TPSA) is 76.3 Å². The molecule has 0 spiro atoms. The van der Waals surface area contributed by atoms with Crippen molar-refractivity contribution in [1.29, 1.82) is 0 Å². The number of Topliss-reactive ketones (excluding diaryl/α,β-unsaturated/α-hetero) is 1. The number of fused-ring (bicyclic) bond motifs is 1. The molecule has 0 saturated carbocycles. The van der Waals surface area contributed by atoms with Crippen LogP contribution in [0.1, 0.15) is 33.1 Å². The number of imide groups is 1. The average Bonchev–Trinajstić information content (AvgIpc) is 2.97. The van der Waals surface area contributed by atoms with Crippen molar-refractivity contribution in [1.82, 2.24) is 14.7 Å². The lowest BCUT2D eigenvalue weighted by molar-refractivity contribution is -0.556. The van der Waals surface area contributed by atoms with E-state index in [1.165, 1.54) is 25.3 Å². The van der Waals surface area contributed by atoms with Crippen LogP contribution >= 0.6 is 0 Å². The number of rotatable bonds is 4. The molecule has 8 heteroatoms. The molecule has 8 nitrogen and oxygen atoms in total. The number of ketones is 1. The van der Waals surface area contributed by atoms with E-state index in [0.29, 0.717) is 18.2 Å². The number of aliphatic imine (C=N–C) groups is 1. The zero-order chi connectivity index (χ0) is 18.3. The Kier molecular flexibility index (Phi) is 4.73. The number of amidine groups is 2. The van der Waals surface area contributed by atoms with Crippen LogP contribution < -0.4 is 0 Å². The smallest absolute Gasteiger partial charge is 0.295 e. The van der Waals surface area contributed by atoms with E-state index in [-0.39, 0.29) is 11.7 Å². The Labute approximate surface area is 147 Å². The molecular formula is C17H26N5O3+. The maximum Gasteiger partial charge on any atom is 0.333 e. The maximum atomic E-state index is 12.8. The van der Waals surface area contributed by atoms with Gasteiger partial charge in [-0.25, -0.2) is 9.37 Å². The molecular weight excluding hydrogens is 322 g/mol. The lowest BCUT2D eigenvalue weighted by atomic mass is 10.1. The molecule has 2 saturated heterocycles. The minimum absolute atomic E-state index is 0.0254. The van der Waals surface area contributed by atoms with Crippen LogP contribution in [0, 0.1) is 0 Å². The third kappa shape index (κ3) is 2.99. The molecule has 2 fully saturated rings. The van der Waals surface area contributed by atoms with Gasteiger partial charge in [-0.2, -0.15) is 0 Å². The van der Waals surface area contributed by atoms with Gasteiger partial charge in [-0.1, -0.05) is 6.42 Å². The second kappa shape index (κ2) is 6.67. The van der Waals surface area contributed by atoms with Crippen molar-refractivity contribution in [3.63, 3.8) is 0 Å². The summed E-state index contributed by atoms with van der Waals surface area (Å²) in [7, 11) is 3.09. The molecule has 0 aromatic heterocycles. The van der Waals surface area contributed by atoms with Gasteiger partial charge in [0, 0.05) is 14.1 Å². The Morgan fingerprint density at radius 2 is 1.84 bits per heavy atom. The molecule has 0 aromatic rings. The van der Waals surface area contributed by atoms with Gasteiger partial charge >= 0.3 is 11.9 Å². The first-order chi connectivity index (χ1) is 11.8. The fourth-order valence-corrected chi connectivity index (χ4v) is 3.69. The van der Waals surface area contributed by atoms with Gasteiger partial charge in [0.15, 0.2) is 11.8 Å². The van der Waals surface area contributed by atoms with Crippen molar-refractivity contribution in [2.24, 2.45) is 4.99 Å². The molecule has 0 aliphatic carbocycles. The van der Waals surface area contributed by atoms with Crippen LogP contribution in [0.15, 0.2) is 4.99 Å². The summed E-state index contributed by atoms with van der Waals surface area (Å²) in [6.45, 7) is 5.89. The highest BCUT2D eigenvalue weighted by molar-refractivity contribution is 6.23. The molecule has 0 bridgehead atoms. The van der Waals surface area contributed by atoms with E-state index in [2.05, 4.69) is 9.89 Å². The van der Waals surface area contributed by atoms with Gasteiger partial charge in [0.25, 0.3) is 17.8 Å². The van der Waals surface area contributed by atoms with Crippen LogP contribution in [0.2, 0.25) is 0 Å². The molecule has 3 rings (SSSR count). The number of likely N-dealkylation sites (tertiary alicyclic amines) is 1. The van der Waals surface area contributed by atoms with Gasteiger partial charge in [0.2, 0.25) is 0 Å². The lowest BCUT2D eigenvalue weighted by Gasteiger charge is -2.31. The second-order valence-electron chi connectivity index (χ2n) is 7.06. The SMILES string of the molecule is CC(=O)C(C)[N+]1=C(CN2CCCCC2)N=C2C1C(=O)N(C)C(=O)N2C. The number of urea groups is 1. The Bertz CT molecular complexity index is 678. The quantitative estimate of drug-likeness (QED) is 0.679. The molecule has 2 unspecified atom stereocenters. The van der Waals surface area contributed by atoms with Gasteiger partial charge in [0.05, 0.1) is 0 Å². The van der Waals surface area contributed by atoms with E-state index in [9.17, 15) is 14.4 Å². The Morgan fingerprint density at radius 3 is 2.44 bits per heavy atom. The van der Waals surface area contributed by atoms with Crippen molar-refractivity contribution >= 4 is 29.4 Å². The van der Waals surface area contributed by atoms with Crippen molar-refractivity contribution in [3.8, 4) is 0 Å². The average molecular weight is 348 g/mol. The highest BCUT2D eigenvalue weighted by atomic mass is 16.2. The van der Waals surface area contributed by atoms with E-state index in [0.717, 1.165) is 30.8 Å². The third-order valence-electron chi connectivity index (χ3n) is 5.37. The molecule has 0 aromatic carbocycles. The Balaban J connectivity index is 2.00. The molecule has 3 aliphatic heterocycles. The van der Waals surface area contributed by atoms with E-state index in [1.54, 1.807) is 18.5 Å². The van der Waals surface area contributed by atoms with Gasteiger partial charge in [-0.05, 0) is 44.8 Å². The highest BCUT2D eigenvalue weighted by Crippen LogP contribution is 2.22. The number of likely N-dealkylation sites (N-methyl/N-ethyl adjacent to an activating group) is 2. The minimum atomic E-state index is -0.702. The van der Waals surface area contributed by atoms with Gasteiger partial charge < -0.3 is 0 Å². The van der Waals surface area contributed by atoms with Crippen LogP contribution in [-0.4, -0.2) is 94.5 Å². The zero-order valence-electron chi connectivity index (χ0n) is 15.4. The summed E-state index contributed by atoms with van der Waals surface area (Å²) < 4.78 is 1.80. The number of hydrogen-bond donors (Lipinski definition) is 0. The van der Waals surface area contributed by atoms with Gasteiger partial charge in [0.1, 0.15) is 6.54 Å². The molecule has 25 heavy (non-hydrogen) atoms. The predicted octanol–water partition coefficient (Wildman–Crippen LogP) is 0.165. The zero-order valence-corrected chi connectivity index (χ0v) is 15.4. The number of carbonyl (C=O) groups is 3. The number of carbonyl (C=O) groups excluding carboxylic acids is 3. The van der Waals surface area contributed by atoms with Crippen molar-refractivity contribution < 1.29 is 19.0 Å². The number of amides is 3. The van der Waals surface area contributed by atoms with Gasteiger partial charge in [-0.3, -0.25) is 24.3 Å². The fourth-order valence-electron chi connectivity index (χ4n) is 3.69. The van der Waals surface area contributed by atoms with E-state index < -0.39 is 18.1 Å². The molecule has 0 N–H and O–H groups in total. The highest BCUT2D eigenvalue weighted by Gasteiger charge is 2.54. The van der Waals surface area contributed by atoms with Crippen LogP contribution in [-0.2, 0) is 9.59 Å². The number of hydrogen-bond acceptors (Lipinski definition) is 5. The van der Waals surface area contributed by atoms with Crippen LogP contribution in [0.5, 0.6) is 0 Å². The summed E-state index contributed by atoms with van der Waals surface area (Å²) in [6, 6.07) is -1.56. The summed E-state index contributed by atoms with van der Waals surface area (Å²) >= 11 is 0. The lowest BCUT2D eigenvalue weighted by Crippen LogP contribution is -2.62. The Hall–Kier alpha value is -2.09. The number of piperidine rings is 1. The standard InChI is InChI=1S/C17H26N5O3/c1-11(12(2)23)22-13(10-21-8-6-5-7-9-21)18-15-14(22)16(24)20(4)17(25)19(15)3/h11,14H,5-10H2,1-4H3/q+1. The summed E-state index contributed by atoms with van der Waals surface area (Å²) in [5, 5.41) is 0. The minimum Gasteiger partial charge on any atom is -0.295 e. The molecule has 3 amide bonds. The van der Waals surface area contributed by atoms with Crippen LogP contribution in [0.3, 0.4) is 0 Å². The monoisotopic (exact) mass is 348 g/mol. The summed E-state index contributed by atoms with van der Waals surface area (Å²) in [5.41, 5.74) is 0. The normalized spacial score (nSPS) is 26.1. The van der Waals surface area contributed by atoms with Crippen LogP contribution in [0.25, 0.3) is 0 Å². The van der Waals surface area contributed by atoms with Crippen molar-refractivity contribution in [2.75, 3.05) is 33.7 Å². The third-order valence-corrected chi connectivity index (χ3v) is 5.37. The maximum absolute atomic E-state index is 12.8. The largest absolute Gasteiger partial charge is 0.333 e. The van der Waals surface area contributed by atoms with Crippen molar-refractivity contribution in [3.05, 3.63) is 0 Å². The Morgan fingerprint density at radius 1 is 1.20 bits per heavy atom. The fraction of sp³-hybridized carbons (Fsp3) is 0.706. The summed E-state index contributed by atoms with van der Waals surface area (Å²) in [5.74, 6) is 0.771.